The summed E-state index contributed by atoms with van der Waals surface area (Å²) < 4.78 is 0. The Bertz CT molecular complexity index is 3020. The van der Waals surface area contributed by atoms with Crippen LogP contribution in [0, 0.1) is 0 Å². The van der Waals surface area contributed by atoms with Gasteiger partial charge in [-0.15, -0.1) is 0 Å². The van der Waals surface area contributed by atoms with Crippen molar-refractivity contribution >= 4 is 34.1 Å². The molecule has 10 aromatic rings. The molecule has 0 amide bonds. The Balaban J connectivity index is 1.19. The van der Waals surface area contributed by atoms with Crippen LogP contribution in [-0.2, 0) is 0 Å². The smallest absolute Gasteiger partial charge is 0.0546 e. The molecule has 0 bridgehead atoms. The van der Waals surface area contributed by atoms with Crippen LogP contribution in [0.1, 0.15) is 0 Å². The lowest BCUT2D eigenvalue weighted by atomic mass is 9.85. The van der Waals surface area contributed by atoms with E-state index in [-0.39, 0.29) is 0 Å². The lowest BCUT2D eigenvalue weighted by Crippen LogP contribution is -2.13. The van der Waals surface area contributed by atoms with Gasteiger partial charge in [0.2, 0.25) is 0 Å². The van der Waals surface area contributed by atoms with Crippen LogP contribution in [0.4, 0.5) is 34.1 Å². The number of para-hydroxylation sites is 4. The van der Waals surface area contributed by atoms with Gasteiger partial charge in [0, 0.05) is 33.8 Å². The minimum Gasteiger partial charge on any atom is -0.310 e. The minimum absolute atomic E-state index is 1.08. The largest absolute Gasteiger partial charge is 0.310 e. The van der Waals surface area contributed by atoms with Crippen molar-refractivity contribution in [2.75, 3.05) is 9.80 Å². The van der Waals surface area contributed by atoms with E-state index in [9.17, 15) is 0 Å². The van der Waals surface area contributed by atoms with Gasteiger partial charge < -0.3 is 9.80 Å². The summed E-state index contributed by atoms with van der Waals surface area (Å²) in [5.41, 5.74) is 18.2. The van der Waals surface area contributed by atoms with Crippen LogP contribution in [0.2, 0.25) is 0 Å². The van der Waals surface area contributed by atoms with E-state index < -0.39 is 0 Å². The van der Waals surface area contributed by atoms with Crippen LogP contribution in [0.15, 0.2) is 267 Å². The number of hydrogen-bond acceptors (Lipinski definition) is 2. The van der Waals surface area contributed by atoms with Gasteiger partial charge >= 0.3 is 0 Å². The Morgan fingerprint density at radius 3 is 1.00 bits per heavy atom. The van der Waals surface area contributed by atoms with Crippen molar-refractivity contribution in [3.63, 3.8) is 0 Å². The maximum absolute atomic E-state index is 2.44. The molecule has 0 spiro atoms. The van der Waals surface area contributed by atoms with Crippen LogP contribution in [0.25, 0.3) is 55.6 Å². The molecule has 0 N–H and O–H groups in total. The first-order valence-corrected chi connectivity index (χ1v) is 21.2. The first-order chi connectivity index (χ1) is 30.8. The van der Waals surface area contributed by atoms with Gasteiger partial charge in [0.25, 0.3) is 0 Å². The molecule has 0 saturated heterocycles. The molecule has 0 aliphatic carbocycles. The topological polar surface area (TPSA) is 6.48 Å². The van der Waals surface area contributed by atoms with Crippen molar-refractivity contribution in [2.45, 2.75) is 0 Å². The predicted octanol–water partition coefficient (Wildman–Crippen LogP) is 17.0. The molecule has 2 heteroatoms. The molecule has 0 atom stereocenters. The molecule has 294 valence electrons. The van der Waals surface area contributed by atoms with Gasteiger partial charge in [-0.25, -0.2) is 0 Å². The zero-order valence-electron chi connectivity index (χ0n) is 34.3. The molecule has 0 fully saturated rings. The zero-order chi connectivity index (χ0) is 41.5. The highest BCUT2D eigenvalue weighted by Crippen LogP contribution is 2.51. The molecular weight excluding hydrogens is 749 g/mol. The van der Waals surface area contributed by atoms with Crippen LogP contribution in [0.3, 0.4) is 0 Å². The SMILES string of the molecule is c1ccc(-c2ccccc2N(c2ccccc2)c2ccc(-c3ccc(N(c4ccccc4)c4ccccc4-c4ccccc4)c(-c4ccccc4)c3-c3ccccc3)cc2)cc1. The summed E-state index contributed by atoms with van der Waals surface area (Å²) in [7, 11) is 0. The summed E-state index contributed by atoms with van der Waals surface area (Å²) in [6.07, 6.45) is 0. The van der Waals surface area contributed by atoms with Gasteiger partial charge in [-0.3, -0.25) is 0 Å². The number of benzene rings is 10. The number of nitrogens with zero attached hydrogens (tertiary/aromatic N) is 2. The van der Waals surface area contributed by atoms with E-state index >= 15 is 0 Å². The first kappa shape index (κ1) is 38.0. The third-order valence-electron chi connectivity index (χ3n) is 11.5. The zero-order valence-corrected chi connectivity index (χ0v) is 34.3. The normalized spacial score (nSPS) is 10.9. The quantitative estimate of drug-likeness (QED) is 0.129. The van der Waals surface area contributed by atoms with Gasteiger partial charge in [0.05, 0.1) is 17.1 Å². The van der Waals surface area contributed by atoms with Crippen molar-refractivity contribution in [3.8, 4) is 55.6 Å². The summed E-state index contributed by atoms with van der Waals surface area (Å²) in [4.78, 5) is 4.80. The number of rotatable bonds is 11. The van der Waals surface area contributed by atoms with Crippen molar-refractivity contribution < 1.29 is 0 Å². The predicted molar refractivity (Wildman–Crippen MR) is 263 cm³/mol. The molecule has 10 aromatic carbocycles. The molecule has 0 radical (unpaired) electrons. The summed E-state index contributed by atoms with van der Waals surface area (Å²) in [5, 5.41) is 0. The Kier molecular flexibility index (Phi) is 10.8. The molecule has 10 rings (SSSR count). The Morgan fingerprint density at radius 2 is 0.516 bits per heavy atom. The highest BCUT2D eigenvalue weighted by Gasteiger charge is 2.25. The second-order valence-corrected chi connectivity index (χ2v) is 15.3. The van der Waals surface area contributed by atoms with Gasteiger partial charge in [-0.2, -0.15) is 0 Å². The second kappa shape index (κ2) is 17.6. The molecule has 2 nitrogen and oxygen atoms in total. The molecule has 0 aromatic heterocycles. The maximum Gasteiger partial charge on any atom is 0.0546 e. The first-order valence-electron chi connectivity index (χ1n) is 21.2. The van der Waals surface area contributed by atoms with Gasteiger partial charge in [0.15, 0.2) is 0 Å². The fourth-order valence-corrected chi connectivity index (χ4v) is 8.66. The standard InChI is InChI=1S/C60H44N2/c1-7-23-45(24-8-1)53-35-19-21-37-56(53)61(50-31-15-5-16-32-50)52-41-39-47(40-42-52)55-43-44-58(60(49-29-13-4-14-30-49)59(55)48-27-11-3-12-28-48)62(51-33-17-6-18-34-51)57-38-22-20-36-54(57)46-25-9-2-10-26-46/h1-44H. The van der Waals surface area contributed by atoms with Crippen molar-refractivity contribution in [3.05, 3.63) is 267 Å². The summed E-state index contributed by atoms with van der Waals surface area (Å²) in [6.45, 7) is 0. The highest BCUT2D eigenvalue weighted by molar-refractivity contribution is 6.04. The highest BCUT2D eigenvalue weighted by atomic mass is 15.2. The van der Waals surface area contributed by atoms with Gasteiger partial charge in [-0.05, 0) is 93.5 Å². The Morgan fingerprint density at radius 1 is 0.177 bits per heavy atom. The molecular formula is C60H44N2. The second-order valence-electron chi connectivity index (χ2n) is 15.3. The molecule has 0 unspecified atom stereocenters. The molecule has 0 heterocycles. The third-order valence-corrected chi connectivity index (χ3v) is 11.5. The minimum atomic E-state index is 1.08. The average Bonchev–Trinajstić information content (AvgIpc) is 3.36. The van der Waals surface area contributed by atoms with Crippen LogP contribution >= 0.6 is 0 Å². The average molecular weight is 793 g/mol. The van der Waals surface area contributed by atoms with Crippen LogP contribution < -0.4 is 9.80 Å². The van der Waals surface area contributed by atoms with Crippen molar-refractivity contribution in [1.29, 1.82) is 0 Å². The molecule has 0 aliphatic heterocycles. The monoisotopic (exact) mass is 792 g/mol. The van der Waals surface area contributed by atoms with E-state index in [0.717, 1.165) is 67.5 Å². The molecule has 0 aliphatic rings. The van der Waals surface area contributed by atoms with E-state index in [1.807, 2.05) is 0 Å². The van der Waals surface area contributed by atoms with E-state index in [1.165, 1.54) is 22.3 Å². The summed E-state index contributed by atoms with van der Waals surface area (Å²) in [6, 6.07) is 95.7. The lowest BCUT2D eigenvalue weighted by molar-refractivity contribution is 1.28. The fourth-order valence-electron chi connectivity index (χ4n) is 8.66. The lowest BCUT2D eigenvalue weighted by Gasteiger charge is -2.32. The van der Waals surface area contributed by atoms with E-state index in [2.05, 4.69) is 277 Å². The Labute approximate surface area is 364 Å². The number of hydrogen-bond donors (Lipinski definition) is 0. The van der Waals surface area contributed by atoms with Crippen LogP contribution in [-0.4, -0.2) is 0 Å². The maximum atomic E-state index is 2.44. The Hall–Kier alpha value is -8.20. The van der Waals surface area contributed by atoms with Crippen molar-refractivity contribution in [2.24, 2.45) is 0 Å². The van der Waals surface area contributed by atoms with E-state index in [1.54, 1.807) is 0 Å². The van der Waals surface area contributed by atoms with E-state index in [4.69, 9.17) is 0 Å². The molecule has 0 saturated carbocycles. The van der Waals surface area contributed by atoms with Crippen LogP contribution in [0.5, 0.6) is 0 Å². The van der Waals surface area contributed by atoms with Gasteiger partial charge in [0.1, 0.15) is 0 Å². The van der Waals surface area contributed by atoms with Gasteiger partial charge in [-0.1, -0.05) is 212 Å². The summed E-state index contributed by atoms with van der Waals surface area (Å²) in [5.74, 6) is 0. The number of anilines is 6. The summed E-state index contributed by atoms with van der Waals surface area (Å²) >= 11 is 0. The molecule has 62 heavy (non-hydrogen) atoms. The van der Waals surface area contributed by atoms with Crippen molar-refractivity contribution in [1.82, 2.24) is 0 Å². The van der Waals surface area contributed by atoms with E-state index in [0.29, 0.717) is 0 Å². The fraction of sp³-hybridized carbons (Fsp3) is 0. The third kappa shape index (κ3) is 7.58.